The van der Waals surface area contributed by atoms with E-state index in [9.17, 15) is 12.8 Å². The summed E-state index contributed by atoms with van der Waals surface area (Å²) < 4.78 is 45.2. The maximum atomic E-state index is 13.2. The molecule has 1 saturated heterocycles. The summed E-state index contributed by atoms with van der Waals surface area (Å²) in [6, 6.07) is 4.90. The third kappa shape index (κ3) is 4.20. The van der Waals surface area contributed by atoms with Crippen LogP contribution in [0.25, 0.3) is 0 Å². The molecule has 2 heterocycles. The molecule has 0 saturated carbocycles. The summed E-state index contributed by atoms with van der Waals surface area (Å²) in [5, 5.41) is 0. The van der Waals surface area contributed by atoms with Crippen molar-refractivity contribution >= 4 is 16.0 Å². The molecular formula is C15H18FN5O3S. The monoisotopic (exact) mass is 367 g/mol. The molecule has 1 N–H and O–H groups in total. The van der Waals surface area contributed by atoms with Gasteiger partial charge in [0.25, 0.3) is 0 Å². The molecule has 1 aromatic carbocycles. The zero-order valence-electron chi connectivity index (χ0n) is 13.6. The number of halogens is 1. The number of rotatable bonds is 6. The van der Waals surface area contributed by atoms with Gasteiger partial charge in [-0.15, -0.1) is 0 Å². The molecule has 10 heteroatoms. The van der Waals surface area contributed by atoms with Gasteiger partial charge in [-0.25, -0.2) is 17.5 Å². The molecule has 0 spiro atoms. The maximum Gasteiger partial charge on any atom is 0.321 e. The van der Waals surface area contributed by atoms with Crippen LogP contribution in [0, 0.1) is 5.82 Å². The van der Waals surface area contributed by atoms with Gasteiger partial charge in [0.05, 0.1) is 18.6 Å². The number of ether oxygens (including phenoxy) is 1. The van der Waals surface area contributed by atoms with Crippen LogP contribution in [-0.4, -0.2) is 43.6 Å². The second kappa shape index (κ2) is 7.28. The van der Waals surface area contributed by atoms with Crippen LogP contribution in [0.3, 0.4) is 0 Å². The Labute approximate surface area is 145 Å². The number of hydrogen-bond donors (Lipinski definition) is 1. The molecule has 0 unspecified atom stereocenters. The number of nitrogens with one attached hydrogen (secondary N) is 1. The van der Waals surface area contributed by atoms with Gasteiger partial charge >= 0.3 is 6.01 Å². The van der Waals surface area contributed by atoms with Gasteiger partial charge < -0.3 is 9.64 Å². The summed E-state index contributed by atoms with van der Waals surface area (Å²) in [6.07, 6.45) is 2.10. The van der Waals surface area contributed by atoms with E-state index in [-0.39, 0.29) is 23.3 Å². The molecule has 3 rings (SSSR count). The Kier molecular flexibility index (Phi) is 5.09. The highest BCUT2D eigenvalue weighted by Crippen LogP contribution is 2.18. The molecule has 0 aliphatic carbocycles. The first-order valence-corrected chi connectivity index (χ1v) is 9.25. The van der Waals surface area contributed by atoms with E-state index < -0.39 is 15.8 Å². The van der Waals surface area contributed by atoms with E-state index in [0.717, 1.165) is 32.0 Å². The molecule has 8 nitrogen and oxygen atoms in total. The normalized spacial score (nSPS) is 14.7. The fraction of sp³-hybridized carbons (Fsp3) is 0.400. The molecule has 25 heavy (non-hydrogen) atoms. The van der Waals surface area contributed by atoms with Gasteiger partial charge in [0.15, 0.2) is 5.82 Å². The minimum absolute atomic E-state index is 0.122. The first-order valence-electron chi connectivity index (χ1n) is 7.77. The first kappa shape index (κ1) is 17.5. The van der Waals surface area contributed by atoms with Crippen molar-refractivity contribution in [2.45, 2.75) is 24.3 Å². The molecule has 0 radical (unpaired) electrons. The zero-order chi connectivity index (χ0) is 17.9. The Balaban J connectivity index is 1.79. The van der Waals surface area contributed by atoms with Crippen molar-refractivity contribution in [1.82, 2.24) is 19.7 Å². The van der Waals surface area contributed by atoms with E-state index in [1.807, 2.05) is 4.90 Å². The Hall–Kier alpha value is -2.33. The van der Waals surface area contributed by atoms with Gasteiger partial charge in [0, 0.05) is 13.1 Å². The Bertz CT molecular complexity index is 856. The molecule has 0 amide bonds. The molecule has 134 valence electrons. The maximum absolute atomic E-state index is 13.2. The number of nitrogens with zero attached hydrogens (tertiary/aromatic N) is 4. The van der Waals surface area contributed by atoms with Crippen LogP contribution < -0.4 is 14.4 Å². The first-order chi connectivity index (χ1) is 12.0. The van der Waals surface area contributed by atoms with E-state index in [1.165, 1.54) is 25.3 Å². The van der Waals surface area contributed by atoms with Gasteiger partial charge in [0.1, 0.15) is 5.82 Å². The van der Waals surface area contributed by atoms with Gasteiger partial charge in [0.2, 0.25) is 16.0 Å². The highest BCUT2D eigenvalue weighted by molar-refractivity contribution is 7.89. The summed E-state index contributed by atoms with van der Waals surface area (Å²) in [5.74, 6) is 0.0686. The summed E-state index contributed by atoms with van der Waals surface area (Å²) in [5.41, 5.74) is 0. The van der Waals surface area contributed by atoms with Gasteiger partial charge in [-0.3, -0.25) is 0 Å². The molecule has 0 bridgehead atoms. The highest BCUT2D eigenvalue weighted by Gasteiger charge is 2.19. The summed E-state index contributed by atoms with van der Waals surface area (Å²) in [7, 11) is -2.44. The van der Waals surface area contributed by atoms with E-state index in [2.05, 4.69) is 19.7 Å². The molecule has 0 atom stereocenters. The lowest BCUT2D eigenvalue weighted by Gasteiger charge is -2.16. The minimum atomic E-state index is -3.88. The lowest BCUT2D eigenvalue weighted by Crippen LogP contribution is -2.26. The SMILES string of the molecule is COc1nc(CNS(=O)(=O)c2cccc(F)c2)nc(N2CCCC2)n1. The van der Waals surface area contributed by atoms with Crippen LogP contribution >= 0.6 is 0 Å². The quantitative estimate of drug-likeness (QED) is 0.816. The van der Waals surface area contributed by atoms with Crippen molar-refractivity contribution in [3.05, 3.63) is 35.9 Å². The smallest absolute Gasteiger partial charge is 0.321 e. The lowest BCUT2D eigenvalue weighted by atomic mass is 10.4. The molecule has 1 fully saturated rings. The molecule has 1 aliphatic rings. The highest BCUT2D eigenvalue weighted by atomic mass is 32.2. The van der Waals surface area contributed by atoms with E-state index in [4.69, 9.17) is 4.74 Å². The number of anilines is 1. The zero-order valence-corrected chi connectivity index (χ0v) is 14.5. The second-order valence-corrected chi connectivity index (χ2v) is 7.28. The third-order valence-electron chi connectivity index (χ3n) is 3.75. The van der Waals surface area contributed by atoms with Gasteiger partial charge in [-0.1, -0.05) is 6.07 Å². The number of benzene rings is 1. The van der Waals surface area contributed by atoms with E-state index >= 15 is 0 Å². The summed E-state index contributed by atoms with van der Waals surface area (Å²) in [6.45, 7) is 1.52. The largest absolute Gasteiger partial charge is 0.467 e. The van der Waals surface area contributed by atoms with Crippen molar-refractivity contribution in [3.8, 4) is 6.01 Å². The van der Waals surface area contributed by atoms with Crippen LogP contribution in [-0.2, 0) is 16.6 Å². The number of methoxy groups -OCH3 is 1. The van der Waals surface area contributed by atoms with Crippen LogP contribution in [0.2, 0.25) is 0 Å². The Morgan fingerprint density at radius 3 is 2.68 bits per heavy atom. The Morgan fingerprint density at radius 1 is 1.24 bits per heavy atom. The second-order valence-electron chi connectivity index (χ2n) is 5.51. The van der Waals surface area contributed by atoms with Crippen LogP contribution in [0.1, 0.15) is 18.7 Å². The summed E-state index contributed by atoms with van der Waals surface area (Å²) >= 11 is 0. The van der Waals surface area contributed by atoms with Crippen molar-refractivity contribution in [2.24, 2.45) is 0 Å². The molecule has 1 aromatic heterocycles. The average Bonchev–Trinajstić information content (AvgIpc) is 3.14. The fourth-order valence-corrected chi connectivity index (χ4v) is 3.50. The van der Waals surface area contributed by atoms with Crippen molar-refractivity contribution in [1.29, 1.82) is 0 Å². The molecule has 2 aromatic rings. The van der Waals surface area contributed by atoms with Gasteiger partial charge in [-0.2, -0.15) is 15.0 Å². The van der Waals surface area contributed by atoms with E-state index in [1.54, 1.807) is 0 Å². The molecular weight excluding hydrogens is 349 g/mol. The van der Waals surface area contributed by atoms with Crippen LogP contribution in [0.15, 0.2) is 29.2 Å². The molecule has 1 aliphatic heterocycles. The Morgan fingerprint density at radius 2 is 2.00 bits per heavy atom. The van der Waals surface area contributed by atoms with Crippen LogP contribution in [0.5, 0.6) is 6.01 Å². The predicted octanol–water partition coefficient (Wildman–Crippen LogP) is 1.10. The standard InChI is InChI=1S/C15H18FN5O3S/c1-24-15-19-13(18-14(20-15)21-7-2-3-8-21)10-17-25(22,23)12-6-4-5-11(16)9-12/h4-6,9,17H,2-3,7-8,10H2,1H3. The lowest BCUT2D eigenvalue weighted by molar-refractivity contribution is 0.375. The van der Waals surface area contributed by atoms with Crippen LogP contribution in [0.4, 0.5) is 10.3 Å². The van der Waals surface area contributed by atoms with E-state index in [0.29, 0.717) is 5.95 Å². The third-order valence-corrected chi connectivity index (χ3v) is 5.15. The number of sulfonamides is 1. The average molecular weight is 367 g/mol. The van der Waals surface area contributed by atoms with Crippen molar-refractivity contribution < 1.29 is 17.5 Å². The fourth-order valence-electron chi connectivity index (χ4n) is 2.49. The predicted molar refractivity (Wildman–Crippen MR) is 88.3 cm³/mol. The van der Waals surface area contributed by atoms with Gasteiger partial charge in [-0.05, 0) is 31.0 Å². The summed E-state index contributed by atoms with van der Waals surface area (Å²) in [4.78, 5) is 14.4. The minimum Gasteiger partial charge on any atom is -0.467 e. The van der Waals surface area contributed by atoms with Crippen molar-refractivity contribution in [3.63, 3.8) is 0 Å². The number of aromatic nitrogens is 3. The topological polar surface area (TPSA) is 97.3 Å². The van der Waals surface area contributed by atoms with Crippen molar-refractivity contribution in [2.75, 3.05) is 25.1 Å². The number of hydrogen-bond acceptors (Lipinski definition) is 7.